The normalized spacial score (nSPS) is 10.5. The Morgan fingerprint density at radius 2 is 1.83 bits per heavy atom. The molecule has 0 unspecified atom stereocenters. The van der Waals surface area contributed by atoms with Gasteiger partial charge in [0.05, 0.1) is 12.3 Å². The van der Waals surface area contributed by atoms with Crippen LogP contribution in [-0.2, 0) is 0 Å². The van der Waals surface area contributed by atoms with Crippen molar-refractivity contribution in [1.29, 1.82) is 0 Å². The Morgan fingerprint density at radius 1 is 1.13 bits per heavy atom. The lowest BCUT2D eigenvalue weighted by atomic mass is 10.0. The first-order chi connectivity index (χ1) is 11.2. The fraction of sp³-hybridized carbons (Fsp3) is 0.111. The van der Waals surface area contributed by atoms with Crippen LogP contribution in [0.3, 0.4) is 0 Å². The molecule has 0 saturated carbocycles. The van der Waals surface area contributed by atoms with Crippen LogP contribution in [-0.4, -0.2) is 17.4 Å². The first-order valence-corrected chi connectivity index (χ1v) is 8.10. The number of rotatable bonds is 5. The summed E-state index contributed by atoms with van der Waals surface area (Å²) in [6.45, 7) is 2.52. The number of nitrogen functional groups attached to an aromatic ring is 1. The number of nitrogens with zero attached hydrogens (tertiary/aromatic N) is 1. The van der Waals surface area contributed by atoms with Crippen LogP contribution in [0.15, 0.2) is 54.6 Å². The number of aromatic nitrogens is 1. The number of hydrogen-bond acceptors (Lipinski definition) is 5. The summed E-state index contributed by atoms with van der Waals surface area (Å²) in [5.74, 6) is 0.664. The number of ketones is 1. The monoisotopic (exact) mass is 324 g/mol. The standard InChI is InChI=1S/C18H16N2O2S/c1-2-22-14-10-8-13(9-11-14)16(21)17-15(20-18(19)23-17)12-6-4-3-5-7-12/h3-11H,2H2,1H3,(H2,19,20). The lowest BCUT2D eigenvalue weighted by Crippen LogP contribution is -2.01. The third-order valence-electron chi connectivity index (χ3n) is 3.32. The van der Waals surface area contributed by atoms with Crippen LogP contribution in [0.5, 0.6) is 5.75 Å². The molecule has 0 aliphatic rings. The fourth-order valence-electron chi connectivity index (χ4n) is 2.28. The lowest BCUT2D eigenvalue weighted by molar-refractivity contribution is 0.104. The first kappa shape index (κ1) is 15.2. The van der Waals surface area contributed by atoms with E-state index < -0.39 is 0 Å². The number of hydrogen-bond donors (Lipinski definition) is 1. The van der Waals surface area contributed by atoms with E-state index in [2.05, 4.69) is 4.98 Å². The van der Waals surface area contributed by atoms with Gasteiger partial charge in [-0.15, -0.1) is 0 Å². The van der Waals surface area contributed by atoms with Crippen molar-refractivity contribution in [1.82, 2.24) is 4.98 Å². The molecule has 1 heterocycles. The number of anilines is 1. The minimum Gasteiger partial charge on any atom is -0.494 e. The molecule has 0 saturated heterocycles. The fourth-order valence-corrected chi connectivity index (χ4v) is 3.10. The Labute approximate surface area is 138 Å². The smallest absolute Gasteiger partial charge is 0.205 e. The van der Waals surface area contributed by atoms with Crippen LogP contribution in [0.2, 0.25) is 0 Å². The van der Waals surface area contributed by atoms with Crippen LogP contribution >= 0.6 is 11.3 Å². The Kier molecular flexibility index (Phi) is 4.39. The number of nitrogens with two attached hydrogens (primary N) is 1. The maximum Gasteiger partial charge on any atom is 0.205 e. The van der Waals surface area contributed by atoms with Gasteiger partial charge in [0, 0.05) is 11.1 Å². The summed E-state index contributed by atoms with van der Waals surface area (Å²) in [6, 6.07) is 16.7. The van der Waals surface area contributed by atoms with Crippen LogP contribution in [0.25, 0.3) is 11.3 Å². The van der Waals surface area contributed by atoms with Gasteiger partial charge in [-0.05, 0) is 31.2 Å². The molecule has 0 radical (unpaired) electrons. The summed E-state index contributed by atoms with van der Waals surface area (Å²) < 4.78 is 5.40. The molecule has 0 atom stereocenters. The van der Waals surface area contributed by atoms with Crippen molar-refractivity contribution in [3.63, 3.8) is 0 Å². The van der Waals surface area contributed by atoms with E-state index in [1.807, 2.05) is 37.3 Å². The van der Waals surface area contributed by atoms with Crippen molar-refractivity contribution in [2.75, 3.05) is 12.3 Å². The van der Waals surface area contributed by atoms with Gasteiger partial charge in [0.1, 0.15) is 10.6 Å². The van der Waals surface area contributed by atoms with Gasteiger partial charge in [-0.2, -0.15) is 0 Å². The van der Waals surface area contributed by atoms with Crippen molar-refractivity contribution < 1.29 is 9.53 Å². The summed E-state index contributed by atoms with van der Waals surface area (Å²) in [7, 11) is 0. The van der Waals surface area contributed by atoms with E-state index >= 15 is 0 Å². The predicted octanol–water partition coefficient (Wildman–Crippen LogP) is 4.02. The molecule has 3 aromatic rings. The average molecular weight is 324 g/mol. The molecule has 4 nitrogen and oxygen atoms in total. The van der Waals surface area contributed by atoms with E-state index in [1.165, 1.54) is 11.3 Å². The largest absolute Gasteiger partial charge is 0.494 e. The van der Waals surface area contributed by atoms with Crippen LogP contribution in [0.4, 0.5) is 5.13 Å². The summed E-state index contributed by atoms with van der Waals surface area (Å²) in [4.78, 5) is 17.7. The zero-order chi connectivity index (χ0) is 16.2. The quantitative estimate of drug-likeness (QED) is 0.720. The third-order valence-corrected chi connectivity index (χ3v) is 4.21. The minimum atomic E-state index is -0.0823. The van der Waals surface area contributed by atoms with Crippen molar-refractivity contribution in [3.05, 3.63) is 65.0 Å². The molecule has 3 rings (SSSR count). The van der Waals surface area contributed by atoms with Gasteiger partial charge in [0.2, 0.25) is 5.78 Å². The van der Waals surface area contributed by atoms with Gasteiger partial charge in [-0.3, -0.25) is 4.79 Å². The van der Waals surface area contributed by atoms with Gasteiger partial charge >= 0.3 is 0 Å². The third kappa shape index (κ3) is 3.24. The molecule has 0 aliphatic heterocycles. The molecule has 5 heteroatoms. The molecule has 0 bridgehead atoms. The maximum absolute atomic E-state index is 12.8. The van der Waals surface area contributed by atoms with Crippen molar-refractivity contribution >= 4 is 22.3 Å². The summed E-state index contributed by atoms with van der Waals surface area (Å²) in [5.41, 5.74) is 7.94. The molecule has 0 spiro atoms. The van der Waals surface area contributed by atoms with Crippen molar-refractivity contribution in [2.45, 2.75) is 6.92 Å². The predicted molar refractivity (Wildman–Crippen MR) is 93.0 cm³/mol. The van der Waals surface area contributed by atoms with Crippen LogP contribution in [0, 0.1) is 0 Å². The number of thiazole rings is 1. The number of carbonyl (C=O) groups is 1. The Hall–Kier alpha value is -2.66. The summed E-state index contributed by atoms with van der Waals surface area (Å²) >= 11 is 1.21. The Bertz CT molecular complexity index is 811. The number of benzene rings is 2. The molecule has 1 aromatic heterocycles. The van der Waals surface area contributed by atoms with Crippen LogP contribution < -0.4 is 10.5 Å². The molecule has 23 heavy (non-hydrogen) atoms. The lowest BCUT2D eigenvalue weighted by Gasteiger charge is -2.05. The number of ether oxygens (including phenoxy) is 1. The molecule has 2 N–H and O–H groups in total. The van der Waals surface area contributed by atoms with Crippen molar-refractivity contribution in [2.24, 2.45) is 0 Å². The summed E-state index contributed by atoms with van der Waals surface area (Å²) in [5, 5.41) is 0.387. The highest BCUT2D eigenvalue weighted by molar-refractivity contribution is 7.18. The topological polar surface area (TPSA) is 65.2 Å². The summed E-state index contributed by atoms with van der Waals surface area (Å²) in [6.07, 6.45) is 0. The molecular formula is C18H16N2O2S. The highest BCUT2D eigenvalue weighted by Crippen LogP contribution is 2.31. The van der Waals surface area contributed by atoms with Crippen LogP contribution in [0.1, 0.15) is 22.2 Å². The molecule has 0 amide bonds. The second kappa shape index (κ2) is 6.62. The second-order valence-electron chi connectivity index (χ2n) is 4.88. The van der Waals surface area contributed by atoms with Crippen molar-refractivity contribution in [3.8, 4) is 17.0 Å². The van der Waals surface area contributed by atoms with E-state index in [0.717, 1.165) is 11.3 Å². The number of carbonyl (C=O) groups excluding carboxylic acids is 1. The highest BCUT2D eigenvalue weighted by Gasteiger charge is 2.20. The van der Waals surface area contributed by atoms with Gasteiger partial charge in [-0.25, -0.2) is 4.98 Å². The zero-order valence-electron chi connectivity index (χ0n) is 12.7. The van der Waals surface area contributed by atoms with Gasteiger partial charge in [0.15, 0.2) is 5.13 Å². The molecule has 0 aliphatic carbocycles. The highest BCUT2D eigenvalue weighted by atomic mass is 32.1. The minimum absolute atomic E-state index is 0.0823. The molecular weight excluding hydrogens is 308 g/mol. The van der Waals surface area contributed by atoms with Gasteiger partial charge < -0.3 is 10.5 Å². The molecule has 2 aromatic carbocycles. The van der Waals surface area contributed by atoms with Gasteiger partial charge in [-0.1, -0.05) is 41.7 Å². The zero-order valence-corrected chi connectivity index (χ0v) is 13.5. The second-order valence-corrected chi connectivity index (χ2v) is 5.91. The van der Waals surface area contributed by atoms with E-state index in [-0.39, 0.29) is 5.78 Å². The molecule has 0 fully saturated rings. The maximum atomic E-state index is 12.8. The van der Waals surface area contributed by atoms with E-state index in [0.29, 0.717) is 27.9 Å². The van der Waals surface area contributed by atoms with E-state index in [4.69, 9.17) is 10.5 Å². The SMILES string of the molecule is CCOc1ccc(C(=O)c2sc(N)nc2-c2ccccc2)cc1. The Balaban J connectivity index is 1.97. The molecule has 116 valence electrons. The Morgan fingerprint density at radius 3 is 2.48 bits per heavy atom. The van der Waals surface area contributed by atoms with Gasteiger partial charge in [0.25, 0.3) is 0 Å². The average Bonchev–Trinajstić information content (AvgIpc) is 2.98. The van der Waals surface area contributed by atoms with E-state index in [9.17, 15) is 4.79 Å². The van der Waals surface area contributed by atoms with E-state index in [1.54, 1.807) is 24.3 Å². The first-order valence-electron chi connectivity index (χ1n) is 7.28.